The molecule has 0 saturated heterocycles. The van der Waals surface area contributed by atoms with E-state index in [0.29, 0.717) is 30.9 Å². The maximum atomic E-state index is 12.7. The highest BCUT2D eigenvalue weighted by molar-refractivity contribution is 7.92. The van der Waals surface area contributed by atoms with Crippen LogP contribution in [0.5, 0.6) is 5.75 Å². The zero-order valence-electron chi connectivity index (χ0n) is 15.9. The topological polar surface area (TPSA) is 72.5 Å². The van der Waals surface area contributed by atoms with E-state index >= 15 is 0 Å². The van der Waals surface area contributed by atoms with Crippen LogP contribution in [0.2, 0.25) is 0 Å². The first kappa shape index (κ1) is 20.1. The molecular formula is C22H25NO4S. The molecule has 1 N–H and O–H groups in total. The van der Waals surface area contributed by atoms with Gasteiger partial charge in [-0.25, -0.2) is 8.42 Å². The van der Waals surface area contributed by atoms with Gasteiger partial charge in [-0.15, -0.1) is 0 Å². The smallest absolute Gasteiger partial charge is 0.248 e. The van der Waals surface area contributed by atoms with Gasteiger partial charge in [0.2, 0.25) is 5.91 Å². The van der Waals surface area contributed by atoms with E-state index in [1.807, 2.05) is 31.2 Å². The zero-order valence-corrected chi connectivity index (χ0v) is 16.7. The maximum Gasteiger partial charge on any atom is 0.248 e. The molecule has 0 aliphatic heterocycles. The first-order valence-corrected chi connectivity index (χ1v) is 11.1. The van der Waals surface area contributed by atoms with Gasteiger partial charge in [-0.05, 0) is 50.1 Å². The van der Waals surface area contributed by atoms with E-state index < -0.39 is 9.84 Å². The molecule has 0 aromatic heterocycles. The van der Waals surface area contributed by atoms with E-state index in [9.17, 15) is 13.2 Å². The van der Waals surface area contributed by atoms with Crippen LogP contribution in [0, 0.1) is 0 Å². The van der Waals surface area contributed by atoms with Crippen molar-refractivity contribution < 1.29 is 17.9 Å². The van der Waals surface area contributed by atoms with E-state index in [-0.39, 0.29) is 16.1 Å². The second-order valence-electron chi connectivity index (χ2n) is 6.77. The predicted octanol–water partition coefficient (Wildman–Crippen LogP) is 4.45. The monoisotopic (exact) mass is 399 g/mol. The molecule has 0 bridgehead atoms. The van der Waals surface area contributed by atoms with Crippen LogP contribution in [0.15, 0.2) is 59.5 Å². The lowest BCUT2D eigenvalue weighted by atomic mass is 10.2. The highest BCUT2D eigenvalue weighted by atomic mass is 32.2. The molecule has 148 valence electrons. The van der Waals surface area contributed by atoms with Crippen molar-refractivity contribution in [1.29, 1.82) is 0 Å². The quantitative estimate of drug-likeness (QED) is 0.698. The maximum absolute atomic E-state index is 12.7. The molecule has 1 aliphatic rings. The Morgan fingerprint density at radius 2 is 1.89 bits per heavy atom. The third-order valence-corrected chi connectivity index (χ3v) is 7.06. The summed E-state index contributed by atoms with van der Waals surface area (Å²) in [6.45, 7) is 2.44. The third-order valence-electron chi connectivity index (χ3n) is 4.80. The average molecular weight is 400 g/mol. The molecule has 1 saturated carbocycles. The van der Waals surface area contributed by atoms with Crippen LogP contribution >= 0.6 is 0 Å². The lowest BCUT2D eigenvalue weighted by Gasteiger charge is -2.12. The molecule has 5 nitrogen and oxygen atoms in total. The lowest BCUT2D eigenvalue weighted by molar-refractivity contribution is -0.111. The number of hydrogen-bond acceptors (Lipinski definition) is 4. The fourth-order valence-electron chi connectivity index (χ4n) is 3.40. The number of hydrogen-bond donors (Lipinski definition) is 1. The minimum Gasteiger partial charge on any atom is -0.493 e. The number of para-hydroxylation sites is 1. The Bertz CT molecular complexity index is 960. The van der Waals surface area contributed by atoms with Gasteiger partial charge in [-0.3, -0.25) is 4.79 Å². The van der Waals surface area contributed by atoms with Crippen LogP contribution in [0.1, 0.15) is 38.2 Å². The summed E-state index contributed by atoms with van der Waals surface area (Å²) in [7, 11) is -3.35. The number of rotatable bonds is 7. The molecule has 0 spiro atoms. The Morgan fingerprint density at radius 1 is 1.14 bits per heavy atom. The standard InChI is InChI=1S/C22H25NO4S/c1-2-27-21-13-6-3-8-17(21)14-15-22(24)23-18-9-7-12-20(16-18)28(25,26)19-10-4-5-11-19/h3,6-9,12-16,19H,2,4-5,10-11H2,1H3,(H,23,24)/b15-14+. The Labute approximate surface area is 166 Å². The van der Waals surface area contributed by atoms with Gasteiger partial charge < -0.3 is 10.1 Å². The molecule has 6 heteroatoms. The van der Waals surface area contributed by atoms with E-state index in [2.05, 4.69) is 5.32 Å². The van der Waals surface area contributed by atoms with Crippen molar-refractivity contribution in [3.05, 3.63) is 60.2 Å². The third kappa shape index (κ3) is 4.81. The SMILES string of the molecule is CCOc1ccccc1/C=C/C(=O)Nc1cccc(S(=O)(=O)C2CCCC2)c1. The minimum atomic E-state index is -3.35. The van der Waals surface area contributed by atoms with E-state index in [0.717, 1.165) is 18.4 Å². The van der Waals surface area contributed by atoms with Crippen LogP contribution in [0.4, 0.5) is 5.69 Å². The molecule has 0 unspecified atom stereocenters. The number of amides is 1. The van der Waals surface area contributed by atoms with Gasteiger partial charge in [0.1, 0.15) is 5.75 Å². The van der Waals surface area contributed by atoms with Crippen molar-refractivity contribution in [3.8, 4) is 5.75 Å². The molecule has 0 heterocycles. The summed E-state index contributed by atoms with van der Waals surface area (Å²) in [4.78, 5) is 12.6. The molecule has 3 rings (SSSR count). The molecule has 2 aromatic rings. The molecule has 1 amide bonds. The summed E-state index contributed by atoms with van der Waals surface area (Å²) in [6.07, 6.45) is 6.42. The zero-order chi connectivity index (χ0) is 20.0. The number of nitrogens with one attached hydrogen (secondary N) is 1. The Balaban J connectivity index is 1.71. The Morgan fingerprint density at radius 3 is 2.64 bits per heavy atom. The van der Waals surface area contributed by atoms with E-state index in [1.165, 1.54) is 12.1 Å². The summed E-state index contributed by atoms with van der Waals surface area (Å²) in [5.74, 6) is 0.375. The Hall–Kier alpha value is -2.60. The second kappa shape index (κ2) is 9.06. The van der Waals surface area contributed by atoms with Gasteiger partial charge in [0.05, 0.1) is 16.8 Å². The summed E-state index contributed by atoms with van der Waals surface area (Å²) in [5.41, 5.74) is 1.27. The van der Waals surface area contributed by atoms with Gasteiger partial charge in [0.15, 0.2) is 9.84 Å². The highest BCUT2D eigenvalue weighted by Gasteiger charge is 2.30. The van der Waals surface area contributed by atoms with Crippen molar-refractivity contribution in [2.75, 3.05) is 11.9 Å². The first-order chi connectivity index (χ1) is 13.5. The van der Waals surface area contributed by atoms with Gasteiger partial charge in [-0.2, -0.15) is 0 Å². The summed E-state index contributed by atoms with van der Waals surface area (Å²) < 4.78 is 31.0. The number of sulfone groups is 1. The molecule has 0 radical (unpaired) electrons. The normalized spacial score (nSPS) is 15.0. The van der Waals surface area contributed by atoms with Crippen molar-refractivity contribution in [2.45, 2.75) is 42.8 Å². The molecule has 2 aromatic carbocycles. The van der Waals surface area contributed by atoms with Crippen LogP contribution in [0.25, 0.3) is 6.08 Å². The largest absolute Gasteiger partial charge is 0.493 e. The summed E-state index contributed by atoms with van der Waals surface area (Å²) >= 11 is 0. The van der Waals surface area contributed by atoms with Crippen molar-refractivity contribution >= 4 is 27.5 Å². The molecular weight excluding hydrogens is 374 g/mol. The second-order valence-corrected chi connectivity index (χ2v) is 9.00. The molecule has 1 fully saturated rings. The van der Waals surface area contributed by atoms with Crippen LogP contribution in [-0.2, 0) is 14.6 Å². The molecule has 28 heavy (non-hydrogen) atoms. The number of ether oxygens (including phenoxy) is 1. The van der Waals surface area contributed by atoms with Crippen molar-refractivity contribution in [3.63, 3.8) is 0 Å². The van der Waals surface area contributed by atoms with Crippen LogP contribution in [0.3, 0.4) is 0 Å². The van der Waals surface area contributed by atoms with E-state index in [1.54, 1.807) is 24.3 Å². The van der Waals surface area contributed by atoms with E-state index in [4.69, 9.17) is 4.74 Å². The highest BCUT2D eigenvalue weighted by Crippen LogP contribution is 2.30. The molecule has 0 atom stereocenters. The number of benzene rings is 2. The van der Waals surface area contributed by atoms with Crippen LogP contribution in [-0.4, -0.2) is 26.2 Å². The number of carbonyl (C=O) groups is 1. The van der Waals surface area contributed by atoms with Gasteiger partial charge >= 0.3 is 0 Å². The summed E-state index contributed by atoms with van der Waals surface area (Å²) in [6, 6.07) is 13.9. The average Bonchev–Trinajstić information content (AvgIpc) is 3.23. The van der Waals surface area contributed by atoms with Crippen molar-refractivity contribution in [2.24, 2.45) is 0 Å². The van der Waals surface area contributed by atoms with Gasteiger partial charge in [-0.1, -0.05) is 37.1 Å². The van der Waals surface area contributed by atoms with Gasteiger partial charge in [0, 0.05) is 17.3 Å². The van der Waals surface area contributed by atoms with Gasteiger partial charge in [0.25, 0.3) is 0 Å². The molecule has 1 aliphatic carbocycles. The summed E-state index contributed by atoms with van der Waals surface area (Å²) in [5, 5.41) is 2.42. The fourth-order valence-corrected chi connectivity index (χ4v) is 5.29. The van der Waals surface area contributed by atoms with Crippen molar-refractivity contribution in [1.82, 2.24) is 0 Å². The minimum absolute atomic E-state index is 0.267. The Kier molecular flexibility index (Phi) is 6.52. The lowest BCUT2D eigenvalue weighted by Crippen LogP contribution is -2.18. The predicted molar refractivity (Wildman–Crippen MR) is 111 cm³/mol. The number of carbonyl (C=O) groups excluding carboxylic acids is 1. The van der Waals surface area contributed by atoms with Crippen LogP contribution < -0.4 is 10.1 Å². The number of anilines is 1. The fraction of sp³-hybridized carbons (Fsp3) is 0.318. The first-order valence-electron chi connectivity index (χ1n) is 9.55.